The number of ether oxygens (including phenoxy) is 1. The van der Waals surface area contributed by atoms with Crippen LogP contribution in [0.5, 0.6) is 0 Å². The lowest BCUT2D eigenvalue weighted by Gasteiger charge is -2.09. The molecule has 0 bridgehead atoms. The molecule has 2 amide bonds. The van der Waals surface area contributed by atoms with Gasteiger partial charge in [0.1, 0.15) is 0 Å². The van der Waals surface area contributed by atoms with Crippen molar-refractivity contribution in [2.45, 2.75) is 20.0 Å². The number of benzene rings is 2. The smallest absolute Gasteiger partial charge is 0.338 e. The lowest BCUT2D eigenvalue weighted by atomic mass is 9.99. The number of hydrogen-bond acceptors (Lipinski definition) is 4. The summed E-state index contributed by atoms with van der Waals surface area (Å²) in [7, 11) is 0. The first-order valence-corrected chi connectivity index (χ1v) is 7.46. The summed E-state index contributed by atoms with van der Waals surface area (Å²) in [5, 5.41) is 3.78. The number of nitrogens with zero attached hydrogens (tertiary/aromatic N) is 1. The molecule has 124 valence electrons. The van der Waals surface area contributed by atoms with Crippen LogP contribution in [0.4, 0.5) is 4.79 Å². The minimum Gasteiger partial charge on any atom is -0.459 e. The van der Waals surface area contributed by atoms with E-state index in [0.717, 1.165) is 16.7 Å². The topological polar surface area (TPSA) is 93.8 Å². The molecule has 0 fully saturated rings. The SMILES string of the molecule is CC(C)OC(=O)c1ccc(-c2ccccc2C=NNC(N)=O)cc1. The molecular weight excluding hydrogens is 306 g/mol. The Morgan fingerprint density at radius 3 is 2.42 bits per heavy atom. The maximum Gasteiger partial charge on any atom is 0.338 e. The Morgan fingerprint density at radius 1 is 1.12 bits per heavy atom. The van der Waals surface area contributed by atoms with E-state index in [1.807, 2.05) is 50.2 Å². The summed E-state index contributed by atoms with van der Waals surface area (Å²) in [6, 6.07) is 13.9. The van der Waals surface area contributed by atoms with E-state index in [2.05, 4.69) is 10.5 Å². The number of carbonyl (C=O) groups is 2. The Bertz CT molecular complexity index is 752. The van der Waals surface area contributed by atoms with Crippen LogP contribution in [0.25, 0.3) is 11.1 Å². The first-order chi connectivity index (χ1) is 11.5. The number of amides is 2. The van der Waals surface area contributed by atoms with E-state index >= 15 is 0 Å². The highest BCUT2D eigenvalue weighted by Crippen LogP contribution is 2.23. The third kappa shape index (κ3) is 4.67. The van der Waals surface area contributed by atoms with Gasteiger partial charge in [0.2, 0.25) is 0 Å². The van der Waals surface area contributed by atoms with E-state index in [9.17, 15) is 9.59 Å². The standard InChI is InChI=1S/C18H19N3O3/c1-12(2)24-17(22)14-9-7-13(8-10-14)16-6-4-3-5-15(16)11-20-21-18(19)23/h3-12H,1-2H3,(H3,19,21,23). The van der Waals surface area contributed by atoms with Gasteiger partial charge in [0.05, 0.1) is 17.9 Å². The molecule has 0 aliphatic heterocycles. The Morgan fingerprint density at radius 2 is 1.79 bits per heavy atom. The highest BCUT2D eigenvalue weighted by molar-refractivity contribution is 5.93. The van der Waals surface area contributed by atoms with Gasteiger partial charge in [0, 0.05) is 5.56 Å². The van der Waals surface area contributed by atoms with Crippen LogP contribution < -0.4 is 11.2 Å². The number of hydrogen-bond donors (Lipinski definition) is 2. The molecule has 2 aromatic rings. The third-order valence-electron chi connectivity index (χ3n) is 3.11. The Hall–Kier alpha value is -3.15. The second-order valence-electron chi connectivity index (χ2n) is 5.35. The van der Waals surface area contributed by atoms with Crippen LogP contribution in [0.3, 0.4) is 0 Å². The van der Waals surface area contributed by atoms with Gasteiger partial charge in [-0.2, -0.15) is 5.10 Å². The number of urea groups is 1. The van der Waals surface area contributed by atoms with Crippen LogP contribution in [-0.2, 0) is 4.74 Å². The van der Waals surface area contributed by atoms with Crippen molar-refractivity contribution in [2.24, 2.45) is 10.8 Å². The van der Waals surface area contributed by atoms with Crippen molar-refractivity contribution in [3.63, 3.8) is 0 Å². The van der Waals surface area contributed by atoms with Crippen molar-refractivity contribution in [3.05, 3.63) is 59.7 Å². The van der Waals surface area contributed by atoms with Crippen molar-refractivity contribution in [3.8, 4) is 11.1 Å². The summed E-state index contributed by atoms with van der Waals surface area (Å²) in [6.45, 7) is 3.62. The van der Waals surface area contributed by atoms with Crippen molar-refractivity contribution in [2.75, 3.05) is 0 Å². The largest absolute Gasteiger partial charge is 0.459 e. The molecule has 0 aromatic heterocycles. The molecule has 0 radical (unpaired) electrons. The molecule has 6 heteroatoms. The van der Waals surface area contributed by atoms with Crippen LogP contribution in [0.15, 0.2) is 53.6 Å². The van der Waals surface area contributed by atoms with Crippen molar-refractivity contribution >= 4 is 18.2 Å². The van der Waals surface area contributed by atoms with Crippen LogP contribution in [0.1, 0.15) is 29.8 Å². The molecule has 0 saturated carbocycles. The molecule has 0 atom stereocenters. The molecule has 0 unspecified atom stereocenters. The van der Waals surface area contributed by atoms with Crippen molar-refractivity contribution in [1.82, 2.24) is 5.43 Å². The monoisotopic (exact) mass is 325 g/mol. The number of carbonyl (C=O) groups excluding carboxylic acids is 2. The predicted octanol–water partition coefficient (Wildman–Crippen LogP) is 2.92. The van der Waals surface area contributed by atoms with E-state index in [1.54, 1.807) is 12.1 Å². The molecule has 0 spiro atoms. The molecule has 0 aliphatic rings. The maximum absolute atomic E-state index is 11.9. The van der Waals surface area contributed by atoms with Gasteiger partial charge in [-0.25, -0.2) is 15.0 Å². The minimum atomic E-state index is -0.725. The first kappa shape index (κ1) is 17.2. The van der Waals surface area contributed by atoms with E-state index < -0.39 is 6.03 Å². The molecule has 24 heavy (non-hydrogen) atoms. The summed E-state index contributed by atoms with van der Waals surface area (Å²) in [6.07, 6.45) is 1.35. The maximum atomic E-state index is 11.9. The number of nitrogens with two attached hydrogens (primary N) is 1. The van der Waals surface area contributed by atoms with Gasteiger partial charge in [-0.3, -0.25) is 0 Å². The molecule has 0 heterocycles. The fourth-order valence-corrected chi connectivity index (χ4v) is 2.11. The zero-order valence-corrected chi connectivity index (χ0v) is 13.5. The van der Waals surface area contributed by atoms with Crippen molar-refractivity contribution < 1.29 is 14.3 Å². The van der Waals surface area contributed by atoms with Gasteiger partial charge in [0.25, 0.3) is 0 Å². The van der Waals surface area contributed by atoms with Crippen LogP contribution in [0, 0.1) is 0 Å². The number of hydrazone groups is 1. The van der Waals surface area contributed by atoms with Crippen LogP contribution in [-0.4, -0.2) is 24.3 Å². The Kier molecular flexibility index (Phi) is 5.68. The summed E-state index contributed by atoms with van der Waals surface area (Å²) in [4.78, 5) is 22.6. The molecule has 6 nitrogen and oxygen atoms in total. The Labute approximate surface area is 140 Å². The van der Waals surface area contributed by atoms with Gasteiger partial charge >= 0.3 is 12.0 Å². The van der Waals surface area contributed by atoms with Gasteiger partial charge in [-0.05, 0) is 37.1 Å². The van der Waals surface area contributed by atoms with Crippen LogP contribution in [0.2, 0.25) is 0 Å². The summed E-state index contributed by atoms with van der Waals surface area (Å²) in [5.74, 6) is -0.350. The molecule has 0 saturated heterocycles. The number of rotatable bonds is 5. The zero-order chi connectivity index (χ0) is 17.5. The van der Waals surface area contributed by atoms with E-state index in [1.165, 1.54) is 6.21 Å². The lowest BCUT2D eigenvalue weighted by molar-refractivity contribution is 0.0378. The van der Waals surface area contributed by atoms with Gasteiger partial charge in [-0.1, -0.05) is 36.4 Å². The lowest BCUT2D eigenvalue weighted by Crippen LogP contribution is -2.24. The molecule has 3 N–H and O–H groups in total. The zero-order valence-electron chi connectivity index (χ0n) is 13.5. The fourth-order valence-electron chi connectivity index (χ4n) is 2.11. The second-order valence-corrected chi connectivity index (χ2v) is 5.35. The highest BCUT2D eigenvalue weighted by Gasteiger charge is 2.10. The fraction of sp³-hybridized carbons (Fsp3) is 0.167. The third-order valence-corrected chi connectivity index (χ3v) is 3.11. The van der Waals surface area contributed by atoms with Gasteiger partial charge in [0.15, 0.2) is 0 Å². The summed E-state index contributed by atoms with van der Waals surface area (Å²) < 4.78 is 5.17. The van der Waals surface area contributed by atoms with Gasteiger partial charge in [-0.15, -0.1) is 0 Å². The molecular formula is C18H19N3O3. The second kappa shape index (κ2) is 7.92. The number of nitrogens with one attached hydrogen (secondary N) is 1. The van der Waals surface area contributed by atoms with Crippen LogP contribution >= 0.6 is 0 Å². The highest BCUT2D eigenvalue weighted by atomic mass is 16.5. The van der Waals surface area contributed by atoms with E-state index in [0.29, 0.717) is 5.56 Å². The Balaban J connectivity index is 2.24. The van der Waals surface area contributed by atoms with Crippen molar-refractivity contribution in [1.29, 1.82) is 0 Å². The van der Waals surface area contributed by atoms with E-state index in [4.69, 9.17) is 10.5 Å². The quantitative estimate of drug-likeness (QED) is 0.503. The molecule has 2 aromatic carbocycles. The number of esters is 1. The first-order valence-electron chi connectivity index (χ1n) is 7.46. The van der Waals surface area contributed by atoms with Gasteiger partial charge < -0.3 is 10.5 Å². The van der Waals surface area contributed by atoms with E-state index in [-0.39, 0.29) is 12.1 Å². The molecule has 0 aliphatic carbocycles. The number of primary amides is 1. The predicted molar refractivity (Wildman–Crippen MR) is 92.7 cm³/mol. The minimum absolute atomic E-state index is 0.160. The summed E-state index contributed by atoms with van der Waals surface area (Å²) >= 11 is 0. The average Bonchev–Trinajstić information content (AvgIpc) is 2.54. The summed E-state index contributed by atoms with van der Waals surface area (Å²) in [5.41, 5.74) is 10.3. The average molecular weight is 325 g/mol. The molecule has 2 rings (SSSR count). The normalized spacial score (nSPS) is 10.8.